The van der Waals surface area contributed by atoms with Crippen molar-refractivity contribution in [3.63, 3.8) is 0 Å². The molecule has 9 aromatic carbocycles. The number of para-hydroxylation sites is 2. The number of pyridine rings is 2. The number of aromatic nitrogens is 3. The third-order valence-electron chi connectivity index (χ3n) is 13.2. The lowest BCUT2D eigenvalue weighted by Gasteiger charge is -2.26. The topological polar surface area (TPSA) is 34.0 Å². The Kier molecular flexibility index (Phi) is 8.29. The lowest BCUT2D eigenvalue weighted by atomic mass is 9.98. The van der Waals surface area contributed by atoms with Gasteiger partial charge in [0, 0.05) is 96.3 Å². The molecule has 0 aliphatic rings. The zero-order chi connectivity index (χ0) is 43.3. The fourth-order valence-corrected chi connectivity index (χ4v) is 12.9. The number of hydrogen-bond donors (Lipinski definition) is 0. The second kappa shape index (κ2) is 14.7. The molecule has 14 aromatic rings. The van der Waals surface area contributed by atoms with Gasteiger partial charge >= 0.3 is 0 Å². The van der Waals surface area contributed by atoms with E-state index in [0.29, 0.717) is 0 Å². The summed E-state index contributed by atoms with van der Waals surface area (Å²) in [6, 6.07) is 74.7. The molecule has 0 aliphatic heterocycles. The average Bonchev–Trinajstić information content (AvgIpc) is 4.08. The number of benzene rings is 9. The first-order valence-electron chi connectivity index (χ1n) is 22.2. The maximum absolute atomic E-state index is 5.07. The smallest absolute Gasteiger partial charge is 0.0709 e. The second-order valence-electron chi connectivity index (χ2n) is 16.9. The summed E-state index contributed by atoms with van der Waals surface area (Å²) in [6.07, 6.45) is 3.90. The van der Waals surface area contributed by atoms with Crippen LogP contribution in [0.4, 0.5) is 17.1 Å². The molecule has 0 saturated heterocycles. The summed E-state index contributed by atoms with van der Waals surface area (Å²) in [5, 5.41) is 12.6. The number of nitrogens with zero attached hydrogens (tertiary/aromatic N) is 4. The monoisotopic (exact) mass is 876 g/mol. The molecule has 5 heterocycles. The molecule has 308 valence electrons. The van der Waals surface area contributed by atoms with Crippen LogP contribution in [0.25, 0.3) is 112 Å². The normalized spacial score (nSPS) is 11.9. The molecule has 0 spiro atoms. The van der Waals surface area contributed by atoms with Gasteiger partial charge < -0.3 is 9.47 Å². The Morgan fingerprint density at radius 1 is 0.409 bits per heavy atom. The van der Waals surface area contributed by atoms with Gasteiger partial charge in [0.25, 0.3) is 0 Å². The molecule has 0 radical (unpaired) electrons. The highest BCUT2D eigenvalue weighted by Gasteiger charge is 2.24. The first-order valence-corrected chi connectivity index (χ1v) is 23.8. The van der Waals surface area contributed by atoms with Crippen molar-refractivity contribution < 1.29 is 0 Å². The number of hydrogen-bond acceptors (Lipinski definition) is 5. The molecule has 6 heteroatoms. The number of fused-ring (bicyclic) bond motifs is 15. The van der Waals surface area contributed by atoms with E-state index in [9.17, 15) is 0 Å². The fourth-order valence-electron chi connectivity index (χ4n) is 10.4. The molecule has 0 saturated carbocycles. The molecule has 14 rings (SSSR count). The van der Waals surface area contributed by atoms with E-state index in [4.69, 9.17) is 9.97 Å². The zero-order valence-electron chi connectivity index (χ0n) is 35.4. The predicted octanol–water partition coefficient (Wildman–Crippen LogP) is 17.4. The van der Waals surface area contributed by atoms with Crippen molar-refractivity contribution in [1.82, 2.24) is 14.5 Å². The zero-order valence-corrected chi connectivity index (χ0v) is 37.0. The number of rotatable bonds is 6. The highest BCUT2D eigenvalue weighted by atomic mass is 32.1. The summed E-state index contributed by atoms with van der Waals surface area (Å²) in [6.45, 7) is 0. The standard InChI is InChI=1S/C60H36N4S2/c1-3-15-37(16-4-1)50-31-28-41(36-62-50)63(42-34-49(51-23-13-14-32-61-51)55-47-22-10-12-25-53(47)65-54(55)35-42)40-27-30-43-38(33-40)26-29-48-57-56-46-21-9-11-24-52(46)64(39-17-5-2-6-18-39)58(56)44-19-7-8-20-45(44)60(57)66-59(43)48/h1-36H. The van der Waals surface area contributed by atoms with Crippen LogP contribution in [0.15, 0.2) is 219 Å². The highest BCUT2D eigenvalue weighted by molar-refractivity contribution is 7.28. The molecule has 0 atom stereocenters. The summed E-state index contributed by atoms with van der Waals surface area (Å²) in [7, 11) is 0. The van der Waals surface area contributed by atoms with Crippen molar-refractivity contribution in [2.75, 3.05) is 4.90 Å². The second-order valence-corrected chi connectivity index (χ2v) is 19.0. The molecule has 0 fully saturated rings. The molecule has 0 unspecified atom stereocenters. The van der Waals surface area contributed by atoms with Gasteiger partial charge in [-0.15, -0.1) is 22.7 Å². The van der Waals surface area contributed by atoms with E-state index in [-0.39, 0.29) is 0 Å². The average molecular weight is 877 g/mol. The van der Waals surface area contributed by atoms with Gasteiger partial charge in [0.15, 0.2) is 0 Å². The van der Waals surface area contributed by atoms with E-state index in [1.54, 1.807) is 0 Å². The maximum Gasteiger partial charge on any atom is 0.0709 e. The van der Waals surface area contributed by atoms with Crippen LogP contribution in [0.1, 0.15) is 0 Å². The molecule has 66 heavy (non-hydrogen) atoms. The predicted molar refractivity (Wildman–Crippen MR) is 283 cm³/mol. The van der Waals surface area contributed by atoms with Crippen molar-refractivity contribution in [2.45, 2.75) is 0 Å². The molecule has 0 aliphatic carbocycles. The Hall–Kier alpha value is -8.16. The molecule has 0 N–H and O–H groups in total. The van der Waals surface area contributed by atoms with Crippen LogP contribution >= 0.6 is 22.7 Å². The Balaban J connectivity index is 1.01. The van der Waals surface area contributed by atoms with Gasteiger partial charge in [-0.2, -0.15) is 0 Å². The van der Waals surface area contributed by atoms with Gasteiger partial charge in [-0.1, -0.05) is 133 Å². The van der Waals surface area contributed by atoms with Gasteiger partial charge in [-0.3, -0.25) is 9.97 Å². The van der Waals surface area contributed by atoms with Crippen LogP contribution in [0.5, 0.6) is 0 Å². The highest BCUT2D eigenvalue weighted by Crippen LogP contribution is 2.51. The minimum Gasteiger partial charge on any atom is -0.309 e. The minimum atomic E-state index is 0.938. The molecular weight excluding hydrogens is 841 g/mol. The molecule has 4 nitrogen and oxygen atoms in total. The Morgan fingerprint density at radius 3 is 1.95 bits per heavy atom. The van der Waals surface area contributed by atoms with Crippen LogP contribution < -0.4 is 4.90 Å². The summed E-state index contributed by atoms with van der Waals surface area (Å²) < 4.78 is 7.57. The van der Waals surface area contributed by atoms with Gasteiger partial charge in [0.05, 0.1) is 34.3 Å². The van der Waals surface area contributed by atoms with E-state index in [0.717, 1.165) is 39.6 Å². The first kappa shape index (κ1) is 37.2. The first-order chi connectivity index (χ1) is 32.7. The van der Waals surface area contributed by atoms with Crippen molar-refractivity contribution in [1.29, 1.82) is 0 Å². The summed E-state index contributed by atoms with van der Waals surface area (Å²) >= 11 is 3.75. The molecule has 0 bridgehead atoms. The van der Waals surface area contributed by atoms with Crippen LogP contribution in [-0.4, -0.2) is 14.5 Å². The van der Waals surface area contributed by atoms with Crippen LogP contribution in [0.2, 0.25) is 0 Å². The Bertz CT molecular complexity index is 4210. The molecular formula is C60H36N4S2. The lowest BCUT2D eigenvalue weighted by Crippen LogP contribution is -2.10. The van der Waals surface area contributed by atoms with Gasteiger partial charge in [-0.25, -0.2) is 0 Å². The SMILES string of the molecule is c1ccc(-c2ccc(N(c3ccc4c(ccc5c4sc4c6ccccc6c6c(c7ccccc7n6-c6ccccc6)c54)c3)c3cc(-c4ccccn4)c4c(c3)sc3ccccc34)cn2)cc1. The third-order valence-corrected chi connectivity index (χ3v) is 15.6. The van der Waals surface area contributed by atoms with Crippen molar-refractivity contribution in [3.8, 4) is 28.2 Å². The van der Waals surface area contributed by atoms with E-state index >= 15 is 0 Å². The maximum atomic E-state index is 5.07. The Morgan fingerprint density at radius 2 is 1.14 bits per heavy atom. The van der Waals surface area contributed by atoms with Crippen molar-refractivity contribution >= 4 is 123 Å². The van der Waals surface area contributed by atoms with Crippen LogP contribution in [-0.2, 0) is 0 Å². The largest absolute Gasteiger partial charge is 0.309 e. The number of thiophene rings is 2. The molecule has 0 amide bonds. The fraction of sp³-hybridized carbons (Fsp3) is 0. The van der Waals surface area contributed by atoms with Crippen molar-refractivity contribution in [2.24, 2.45) is 0 Å². The summed E-state index contributed by atoms with van der Waals surface area (Å²) in [5.74, 6) is 0. The molecule has 5 aromatic heterocycles. The van der Waals surface area contributed by atoms with Crippen molar-refractivity contribution in [3.05, 3.63) is 219 Å². The summed E-state index contributed by atoms with van der Waals surface area (Å²) in [4.78, 5) is 12.3. The van der Waals surface area contributed by atoms with Gasteiger partial charge in [-0.05, 0) is 83.6 Å². The van der Waals surface area contributed by atoms with Gasteiger partial charge in [0.1, 0.15) is 0 Å². The van der Waals surface area contributed by atoms with Crippen LogP contribution in [0.3, 0.4) is 0 Å². The minimum absolute atomic E-state index is 0.938. The quantitative estimate of drug-likeness (QED) is 0.167. The van der Waals surface area contributed by atoms with E-state index in [1.807, 2.05) is 47.2 Å². The summed E-state index contributed by atoms with van der Waals surface area (Å²) in [5.41, 5.74) is 10.8. The third kappa shape index (κ3) is 5.62. The Labute approximate surface area is 387 Å². The van der Waals surface area contributed by atoms with Gasteiger partial charge in [0.2, 0.25) is 0 Å². The lowest BCUT2D eigenvalue weighted by molar-refractivity contribution is 1.19. The van der Waals surface area contributed by atoms with E-state index < -0.39 is 0 Å². The van der Waals surface area contributed by atoms with E-state index in [1.165, 1.54) is 89.4 Å². The van der Waals surface area contributed by atoms with Crippen LogP contribution in [0, 0.1) is 0 Å². The van der Waals surface area contributed by atoms with E-state index in [2.05, 4.69) is 204 Å². The number of anilines is 3.